The van der Waals surface area contributed by atoms with Crippen molar-refractivity contribution in [2.75, 3.05) is 19.5 Å². The van der Waals surface area contributed by atoms with Gasteiger partial charge in [0.25, 0.3) is 5.56 Å². The van der Waals surface area contributed by atoms with Gasteiger partial charge in [-0.1, -0.05) is 42.1 Å². The number of thioether (sulfide) groups is 1. The molecule has 0 radical (unpaired) electrons. The quantitative estimate of drug-likeness (QED) is 0.416. The third-order valence-electron chi connectivity index (χ3n) is 5.93. The minimum atomic E-state index is -0.113. The van der Waals surface area contributed by atoms with Gasteiger partial charge in [-0.3, -0.25) is 14.2 Å². The molecule has 3 aromatic rings. The smallest absolute Gasteiger partial charge is 0.262 e. The minimum absolute atomic E-state index is 0.0735. The average Bonchev–Trinajstić information content (AvgIpc) is 2.82. The van der Waals surface area contributed by atoms with E-state index in [2.05, 4.69) is 28.5 Å². The molecule has 0 spiro atoms. The van der Waals surface area contributed by atoms with E-state index >= 15 is 0 Å². The van der Waals surface area contributed by atoms with Gasteiger partial charge in [0.05, 0.1) is 35.8 Å². The Balaban J connectivity index is 1.46. The molecule has 1 aromatic heterocycles. The fourth-order valence-corrected chi connectivity index (χ4v) is 4.99. The molecule has 1 atom stereocenters. The molecular formula is C25H29N3O3S. The van der Waals surface area contributed by atoms with Crippen molar-refractivity contribution in [3.05, 3.63) is 69.5 Å². The van der Waals surface area contributed by atoms with Crippen LogP contribution in [0.3, 0.4) is 0 Å². The lowest BCUT2D eigenvalue weighted by Crippen LogP contribution is -2.29. The Labute approximate surface area is 192 Å². The molecule has 1 unspecified atom stereocenters. The maximum atomic E-state index is 12.9. The lowest BCUT2D eigenvalue weighted by atomic mass is 9.89. The number of carbonyl (C=O) groups excluding carboxylic acids is 1. The predicted molar refractivity (Wildman–Crippen MR) is 128 cm³/mol. The van der Waals surface area contributed by atoms with Gasteiger partial charge in [-0.15, -0.1) is 0 Å². The number of benzene rings is 2. The lowest BCUT2D eigenvalue weighted by Gasteiger charge is -2.20. The van der Waals surface area contributed by atoms with Gasteiger partial charge < -0.3 is 10.1 Å². The first-order valence-electron chi connectivity index (χ1n) is 11.1. The number of aryl methyl sites for hydroxylation is 2. The highest BCUT2D eigenvalue weighted by atomic mass is 32.2. The highest BCUT2D eigenvalue weighted by Gasteiger charge is 2.16. The van der Waals surface area contributed by atoms with Gasteiger partial charge >= 0.3 is 0 Å². The molecule has 32 heavy (non-hydrogen) atoms. The van der Waals surface area contributed by atoms with Crippen LogP contribution in [0.15, 0.2) is 52.4 Å². The summed E-state index contributed by atoms with van der Waals surface area (Å²) >= 11 is 1.28. The molecule has 1 aliphatic rings. The summed E-state index contributed by atoms with van der Waals surface area (Å²) in [5, 5.41) is 4.19. The number of fused-ring (bicyclic) bond motifs is 2. The van der Waals surface area contributed by atoms with Gasteiger partial charge in [-0.2, -0.15) is 0 Å². The first-order valence-corrected chi connectivity index (χ1v) is 12.1. The van der Waals surface area contributed by atoms with Crippen LogP contribution in [-0.2, 0) is 28.9 Å². The highest BCUT2D eigenvalue weighted by Crippen LogP contribution is 2.25. The van der Waals surface area contributed by atoms with Crippen LogP contribution >= 0.6 is 11.8 Å². The summed E-state index contributed by atoms with van der Waals surface area (Å²) in [6.07, 6.45) is 4.76. The molecule has 0 saturated carbocycles. The zero-order valence-electron chi connectivity index (χ0n) is 18.6. The molecule has 1 aliphatic carbocycles. The zero-order chi connectivity index (χ0) is 22.5. The number of aromatic nitrogens is 2. The van der Waals surface area contributed by atoms with Crippen molar-refractivity contribution in [1.82, 2.24) is 14.9 Å². The van der Waals surface area contributed by atoms with E-state index in [1.54, 1.807) is 17.7 Å². The van der Waals surface area contributed by atoms with E-state index in [4.69, 9.17) is 4.74 Å². The fourth-order valence-electron chi connectivity index (χ4n) is 4.16. The molecule has 0 aliphatic heterocycles. The van der Waals surface area contributed by atoms with Gasteiger partial charge in [-0.05, 0) is 61.4 Å². The summed E-state index contributed by atoms with van der Waals surface area (Å²) in [5.74, 6) is 0.105. The number of carbonyl (C=O) groups is 1. The first-order chi connectivity index (χ1) is 15.6. The van der Waals surface area contributed by atoms with Crippen LogP contribution in [-0.4, -0.2) is 34.9 Å². The normalized spacial score (nSPS) is 14.2. The third-order valence-corrected chi connectivity index (χ3v) is 6.90. The van der Waals surface area contributed by atoms with Crippen molar-refractivity contribution in [1.29, 1.82) is 0 Å². The van der Waals surface area contributed by atoms with Gasteiger partial charge in [-0.25, -0.2) is 4.98 Å². The molecule has 0 bridgehead atoms. The number of amides is 1. The van der Waals surface area contributed by atoms with E-state index in [-0.39, 0.29) is 23.3 Å². The van der Waals surface area contributed by atoms with Crippen molar-refractivity contribution in [3.63, 3.8) is 0 Å². The SMILES string of the molecule is COCCn1c(SCC(=O)NC(C)c2ccc3c(c2)CCCC3)nc2ccccc2c1=O. The topological polar surface area (TPSA) is 73.2 Å². The monoisotopic (exact) mass is 451 g/mol. The molecule has 2 aromatic carbocycles. The van der Waals surface area contributed by atoms with Crippen molar-refractivity contribution < 1.29 is 9.53 Å². The Morgan fingerprint density at radius 3 is 2.78 bits per heavy atom. The van der Waals surface area contributed by atoms with E-state index in [1.807, 2.05) is 25.1 Å². The molecule has 1 amide bonds. The van der Waals surface area contributed by atoms with Gasteiger partial charge in [0.1, 0.15) is 0 Å². The van der Waals surface area contributed by atoms with Crippen molar-refractivity contribution in [3.8, 4) is 0 Å². The number of ether oxygens (including phenoxy) is 1. The second-order valence-corrected chi connectivity index (χ2v) is 9.12. The van der Waals surface area contributed by atoms with E-state index < -0.39 is 0 Å². The Morgan fingerprint density at radius 1 is 1.19 bits per heavy atom. The first kappa shape index (κ1) is 22.6. The zero-order valence-corrected chi connectivity index (χ0v) is 19.4. The summed E-state index contributed by atoms with van der Waals surface area (Å²) < 4.78 is 6.75. The number of nitrogens with zero attached hydrogens (tertiary/aromatic N) is 2. The van der Waals surface area contributed by atoms with Crippen LogP contribution in [0.4, 0.5) is 0 Å². The Bertz CT molecular complexity index is 1170. The molecule has 1 heterocycles. The number of hydrogen-bond acceptors (Lipinski definition) is 5. The largest absolute Gasteiger partial charge is 0.383 e. The number of nitrogens with one attached hydrogen (secondary N) is 1. The number of hydrogen-bond donors (Lipinski definition) is 1. The van der Waals surface area contributed by atoms with Gasteiger partial charge in [0.15, 0.2) is 5.16 Å². The average molecular weight is 452 g/mol. The Hall–Kier alpha value is -2.64. The van der Waals surface area contributed by atoms with Crippen molar-refractivity contribution in [2.45, 2.75) is 50.4 Å². The van der Waals surface area contributed by atoms with Crippen molar-refractivity contribution >= 4 is 28.6 Å². The van der Waals surface area contributed by atoms with Crippen LogP contribution < -0.4 is 10.9 Å². The fraction of sp³-hybridized carbons (Fsp3) is 0.400. The van der Waals surface area contributed by atoms with Gasteiger partial charge in [0.2, 0.25) is 5.91 Å². The van der Waals surface area contributed by atoms with Crippen LogP contribution in [0.5, 0.6) is 0 Å². The molecule has 6 nitrogen and oxygen atoms in total. The van der Waals surface area contributed by atoms with Crippen LogP contribution in [0.1, 0.15) is 42.5 Å². The third kappa shape index (κ3) is 5.05. The van der Waals surface area contributed by atoms with Crippen molar-refractivity contribution in [2.24, 2.45) is 0 Å². The maximum absolute atomic E-state index is 12.9. The van der Waals surface area contributed by atoms with Crippen LogP contribution in [0.25, 0.3) is 10.9 Å². The number of para-hydroxylation sites is 1. The van der Waals surface area contributed by atoms with Crippen LogP contribution in [0, 0.1) is 0 Å². The lowest BCUT2D eigenvalue weighted by molar-refractivity contribution is -0.119. The Morgan fingerprint density at radius 2 is 1.97 bits per heavy atom. The molecular weight excluding hydrogens is 422 g/mol. The number of methoxy groups -OCH3 is 1. The summed E-state index contributed by atoms with van der Waals surface area (Å²) in [6, 6.07) is 13.8. The maximum Gasteiger partial charge on any atom is 0.262 e. The van der Waals surface area contributed by atoms with E-state index in [0.29, 0.717) is 29.2 Å². The predicted octanol–water partition coefficient (Wildman–Crippen LogP) is 3.89. The summed E-state index contributed by atoms with van der Waals surface area (Å²) in [7, 11) is 1.60. The Kier molecular flexibility index (Phi) is 7.27. The molecule has 0 fully saturated rings. The summed E-state index contributed by atoms with van der Waals surface area (Å²) in [4.78, 5) is 30.3. The second-order valence-electron chi connectivity index (χ2n) is 8.17. The van der Waals surface area contributed by atoms with E-state index in [1.165, 1.54) is 35.7 Å². The molecule has 7 heteroatoms. The van der Waals surface area contributed by atoms with E-state index in [9.17, 15) is 9.59 Å². The molecule has 0 saturated heterocycles. The second kappa shape index (κ2) is 10.3. The van der Waals surface area contributed by atoms with Crippen LogP contribution in [0.2, 0.25) is 0 Å². The summed E-state index contributed by atoms with van der Waals surface area (Å²) in [6.45, 7) is 2.80. The molecule has 4 rings (SSSR count). The van der Waals surface area contributed by atoms with Gasteiger partial charge in [0, 0.05) is 7.11 Å². The highest BCUT2D eigenvalue weighted by molar-refractivity contribution is 7.99. The standard InChI is InChI=1S/C25H29N3O3S/c1-17(19-12-11-18-7-3-4-8-20(18)15-19)26-23(29)16-32-25-27-22-10-6-5-9-21(22)24(30)28(25)13-14-31-2/h5-6,9-12,15,17H,3-4,7-8,13-14,16H2,1-2H3,(H,26,29). The molecule has 168 valence electrons. The molecule has 1 N–H and O–H groups in total. The van der Waals surface area contributed by atoms with E-state index in [0.717, 1.165) is 18.4 Å². The number of rotatable bonds is 8. The minimum Gasteiger partial charge on any atom is -0.383 e. The summed E-state index contributed by atoms with van der Waals surface area (Å²) in [5.41, 5.74) is 4.50.